The smallest absolute Gasteiger partial charge is 0.307 e. The van der Waals surface area contributed by atoms with Gasteiger partial charge in [0.1, 0.15) is 0 Å². The lowest BCUT2D eigenvalue weighted by molar-refractivity contribution is -0.142. The maximum atomic E-state index is 11.2. The van der Waals surface area contributed by atoms with Crippen LogP contribution >= 0.6 is 0 Å². The number of carbonyl (C=O) groups is 1. The van der Waals surface area contributed by atoms with Gasteiger partial charge in [-0.2, -0.15) is 0 Å². The molecule has 0 spiro atoms. The van der Waals surface area contributed by atoms with Crippen molar-refractivity contribution in [2.75, 3.05) is 6.54 Å². The van der Waals surface area contributed by atoms with Crippen molar-refractivity contribution in [1.82, 2.24) is 5.32 Å². The lowest BCUT2D eigenvalue weighted by atomic mass is 9.93. The van der Waals surface area contributed by atoms with Gasteiger partial charge < -0.3 is 10.4 Å². The van der Waals surface area contributed by atoms with Gasteiger partial charge in [0.25, 0.3) is 0 Å². The van der Waals surface area contributed by atoms with E-state index < -0.39 is 5.97 Å². The summed E-state index contributed by atoms with van der Waals surface area (Å²) in [4.78, 5) is 11.2. The molecule has 3 atom stereocenters. The van der Waals surface area contributed by atoms with Gasteiger partial charge in [0.15, 0.2) is 0 Å². The van der Waals surface area contributed by atoms with Crippen molar-refractivity contribution in [2.24, 2.45) is 11.8 Å². The second-order valence-corrected chi connectivity index (χ2v) is 6.06. The van der Waals surface area contributed by atoms with E-state index in [1.165, 1.54) is 5.56 Å². The molecule has 0 aromatic heterocycles. The molecule has 1 aromatic carbocycles. The highest BCUT2D eigenvalue weighted by atomic mass is 16.4. The molecule has 112 valence electrons. The minimum atomic E-state index is -0.703. The second kappa shape index (κ2) is 8.05. The molecular formula is C17H27NO2. The Morgan fingerprint density at radius 3 is 2.25 bits per heavy atom. The molecule has 1 rings (SSSR count). The van der Waals surface area contributed by atoms with Crippen molar-refractivity contribution in [3.63, 3.8) is 0 Å². The second-order valence-electron chi connectivity index (χ2n) is 6.06. The fourth-order valence-electron chi connectivity index (χ4n) is 2.39. The molecule has 2 N–H and O–H groups in total. The van der Waals surface area contributed by atoms with Crippen molar-refractivity contribution in [3.05, 3.63) is 35.9 Å². The summed E-state index contributed by atoms with van der Waals surface area (Å²) in [7, 11) is 0. The van der Waals surface area contributed by atoms with E-state index in [2.05, 4.69) is 45.1 Å². The van der Waals surface area contributed by atoms with Crippen molar-refractivity contribution < 1.29 is 9.90 Å². The van der Waals surface area contributed by atoms with E-state index in [9.17, 15) is 9.90 Å². The van der Waals surface area contributed by atoms with Gasteiger partial charge in [-0.1, -0.05) is 51.1 Å². The Morgan fingerprint density at radius 2 is 1.75 bits per heavy atom. The topological polar surface area (TPSA) is 49.3 Å². The molecule has 20 heavy (non-hydrogen) atoms. The third kappa shape index (κ3) is 5.33. The molecular weight excluding hydrogens is 250 g/mol. The fourth-order valence-corrected chi connectivity index (χ4v) is 2.39. The number of carboxylic acid groups (broad SMARTS) is 1. The lowest BCUT2D eigenvalue weighted by Gasteiger charge is -2.24. The van der Waals surface area contributed by atoms with Crippen molar-refractivity contribution in [3.8, 4) is 0 Å². The standard InChI is InChI=1S/C17H27NO2/c1-12(2)10-16(17(19)20)11-18-14(4)13(3)15-8-6-5-7-9-15/h5-9,12-14,16,18H,10-11H2,1-4H3,(H,19,20). The summed E-state index contributed by atoms with van der Waals surface area (Å²) in [6.07, 6.45) is 0.717. The van der Waals surface area contributed by atoms with Gasteiger partial charge >= 0.3 is 5.97 Å². The molecule has 0 saturated carbocycles. The molecule has 3 nitrogen and oxygen atoms in total. The molecule has 0 heterocycles. The van der Waals surface area contributed by atoms with Gasteiger partial charge in [0.2, 0.25) is 0 Å². The molecule has 0 fully saturated rings. The van der Waals surface area contributed by atoms with Crippen LogP contribution in [-0.2, 0) is 4.79 Å². The zero-order valence-electron chi connectivity index (χ0n) is 13.0. The average Bonchev–Trinajstić information content (AvgIpc) is 2.42. The predicted octanol–water partition coefficient (Wildman–Crippen LogP) is 3.52. The molecule has 0 aliphatic carbocycles. The maximum absolute atomic E-state index is 11.2. The SMILES string of the molecule is CC(C)CC(CNC(C)C(C)c1ccccc1)C(=O)O. The molecule has 3 heteroatoms. The minimum Gasteiger partial charge on any atom is -0.481 e. The summed E-state index contributed by atoms with van der Waals surface area (Å²) in [5.41, 5.74) is 1.28. The minimum absolute atomic E-state index is 0.256. The number of carboxylic acids is 1. The third-order valence-corrected chi connectivity index (χ3v) is 3.87. The largest absolute Gasteiger partial charge is 0.481 e. The summed E-state index contributed by atoms with van der Waals surface area (Å²) in [5.74, 6) is -0.240. The summed E-state index contributed by atoms with van der Waals surface area (Å²) >= 11 is 0. The van der Waals surface area contributed by atoms with E-state index in [1.54, 1.807) is 0 Å². The van der Waals surface area contributed by atoms with Crippen LogP contribution in [0.1, 0.15) is 45.6 Å². The maximum Gasteiger partial charge on any atom is 0.307 e. The number of rotatable bonds is 8. The first kappa shape index (κ1) is 16.7. The van der Waals surface area contributed by atoms with Crippen LogP contribution in [0.25, 0.3) is 0 Å². The highest BCUT2D eigenvalue weighted by Crippen LogP contribution is 2.19. The van der Waals surface area contributed by atoms with Crippen LogP contribution < -0.4 is 5.32 Å². The van der Waals surface area contributed by atoms with E-state index in [-0.39, 0.29) is 12.0 Å². The Kier molecular flexibility index (Phi) is 6.73. The Balaban J connectivity index is 2.52. The van der Waals surface area contributed by atoms with E-state index in [0.717, 1.165) is 6.42 Å². The number of nitrogens with one attached hydrogen (secondary N) is 1. The van der Waals surface area contributed by atoms with Gasteiger partial charge in [-0.25, -0.2) is 0 Å². The summed E-state index contributed by atoms with van der Waals surface area (Å²) in [6, 6.07) is 10.6. The van der Waals surface area contributed by atoms with Crippen LogP contribution in [0.5, 0.6) is 0 Å². The van der Waals surface area contributed by atoms with Crippen LogP contribution in [0, 0.1) is 11.8 Å². The molecule has 0 aliphatic rings. The zero-order valence-corrected chi connectivity index (χ0v) is 13.0. The molecule has 1 aromatic rings. The first-order valence-corrected chi connectivity index (χ1v) is 7.43. The quantitative estimate of drug-likeness (QED) is 0.764. The van der Waals surface area contributed by atoms with E-state index in [4.69, 9.17) is 0 Å². The van der Waals surface area contributed by atoms with E-state index >= 15 is 0 Å². The average molecular weight is 277 g/mol. The molecule has 0 amide bonds. The first-order chi connectivity index (χ1) is 9.41. The molecule has 0 radical (unpaired) electrons. The Morgan fingerprint density at radius 1 is 1.15 bits per heavy atom. The van der Waals surface area contributed by atoms with E-state index in [1.807, 2.05) is 18.2 Å². The van der Waals surface area contributed by atoms with Crippen LogP contribution in [0.2, 0.25) is 0 Å². The summed E-state index contributed by atoms with van der Waals surface area (Å²) in [5, 5.41) is 12.6. The van der Waals surface area contributed by atoms with Crippen LogP contribution in [-0.4, -0.2) is 23.7 Å². The molecule has 3 unspecified atom stereocenters. The first-order valence-electron chi connectivity index (χ1n) is 7.43. The predicted molar refractivity (Wildman–Crippen MR) is 82.9 cm³/mol. The monoisotopic (exact) mass is 277 g/mol. The zero-order chi connectivity index (χ0) is 15.1. The molecule has 0 bridgehead atoms. The summed E-state index contributed by atoms with van der Waals surface area (Å²) < 4.78 is 0. The Labute approximate surface area is 122 Å². The van der Waals surface area contributed by atoms with Crippen LogP contribution in [0.3, 0.4) is 0 Å². The van der Waals surface area contributed by atoms with E-state index in [0.29, 0.717) is 18.4 Å². The lowest BCUT2D eigenvalue weighted by Crippen LogP contribution is -2.37. The Hall–Kier alpha value is -1.35. The highest BCUT2D eigenvalue weighted by molar-refractivity contribution is 5.70. The molecule has 0 saturated heterocycles. The van der Waals surface area contributed by atoms with Crippen LogP contribution in [0.15, 0.2) is 30.3 Å². The summed E-state index contributed by atoms with van der Waals surface area (Å²) in [6.45, 7) is 8.95. The number of benzene rings is 1. The van der Waals surface area contributed by atoms with Gasteiger partial charge in [-0.15, -0.1) is 0 Å². The normalized spacial score (nSPS) is 15.8. The third-order valence-electron chi connectivity index (χ3n) is 3.87. The number of hydrogen-bond donors (Lipinski definition) is 2. The van der Waals surface area contributed by atoms with Gasteiger partial charge in [0, 0.05) is 12.6 Å². The number of hydrogen-bond acceptors (Lipinski definition) is 2. The van der Waals surface area contributed by atoms with Crippen molar-refractivity contribution >= 4 is 5.97 Å². The fraction of sp³-hybridized carbons (Fsp3) is 0.588. The van der Waals surface area contributed by atoms with Crippen LogP contribution in [0.4, 0.5) is 0 Å². The van der Waals surface area contributed by atoms with Crippen molar-refractivity contribution in [1.29, 1.82) is 0 Å². The highest BCUT2D eigenvalue weighted by Gasteiger charge is 2.21. The Bertz CT molecular complexity index is 403. The van der Waals surface area contributed by atoms with Gasteiger partial charge in [-0.05, 0) is 30.7 Å². The van der Waals surface area contributed by atoms with Crippen molar-refractivity contribution in [2.45, 2.75) is 46.1 Å². The van der Waals surface area contributed by atoms with Gasteiger partial charge in [0.05, 0.1) is 5.92 Å². The van der Waals surface area contributed by atoms with Gasteiger partial charge in [-0.3, -0.25) is 4.79 Å². The molecule has 0 aliphatic heterocycles. The number of aliphatic carboxylic acids is 1.